The van der Waals surface area contributed by atoms with Gasteiger partial charge in [0.05, 0.1) is 31.1 Å². The molecule has 0 atom stereocenters. The Bertz CT molecular complexity index is 542. The van der Waals surface area contributed by atoms with E-state index in [1.807, 2.05) is 0 Å². The summed E-state index contributed by atoms with van der Waals surface area (Å²) in [6.07, 6.45) is -4.44. The number of hydrogen-bond acceptors (Lipinski definition) is 5. The number of nitrogens with zero attached hydrogens (tertiary/aromatic N) is 1. The Morgan fingerprint density at radius 2 is 2.00 bits per heavy atom. The molecular formula is C15H18F3NO4. The van der Waals surface area contributed by atoms with Gasteiger partial charge in [0.25, 0.3) is 0 Å². The van der Waals surface area contributed by atoms with Gasteiger partial charge in [0.2, 0.25) is 0 Å². The van der Waals surface area contributed by atoms with Crippen LogP contribution in [0.2, 0.25) is 0 Å². The van der Waals surface area contributed by atoms with Crippen molar-refractivity contribution in [2.24, 2.45) is 0 Å². The van der Waals surface area contributed by atoms with E-state index in [0.717, 1.165) is 12.1 Å². The molecule has 1 aliphatic rings. The second kappa shape index (κ2) is 7.54. The molecule has 1 aliphatic heterocycles. The minimum atomic E-state index is -4.44. The maximum atomic E-state index is 12.9. The summed E-state index contributed by atoms with van der Waals surface area (Å²) in [4.78, 5) is 13.1. The standard InChI is InChI=1S/C15H18F3NO4/c1-2-22-14(20)10-23-13-4-3-11(15(16,17)18)9-12(13)19-5-7-21-8-6-19/h3-4,9H,2,5-8,10H2,1H3. The highest BCUT2D eigenvalue weighted by molar-refractivity contribution is 5.71. The van der Waals surface area contributed by atoms with Crippen molar-refractivity contribution in [2.75, 3.05) is 44.4 Å². The monoisotopic (exact) mass is 333 g/mol. The molecular weight excluding hydrogens is 315 g/mol. The van der Waals surface area contributed by atoms with Gasteiger partial charge in [-0.3, -0.25) is 0 Å². The van der Waals surface area contributed by atoms with E-state index in [1.54, 1.807) is 11.8 Å². The summed E-state index contributed by atoms with van der Waals surface area (Å²) in [6, 6.07) is 3.20. The third kappa shape index (κ3) is 4.75. The van der Waals surface area contributed by atoms with E-state index in [-0.39, 0.29) is 19.0 Å². The molecule has 2 rings (SSSR count). The van der Waals surface area contributed by atoms with Crippen LogP contribution in [0.1, 0.15) is 12.5 Å². The van der Waals surface area contributed by atoms with Crippen molar-refractivity contribution in [3.05, 3.63) is 23.8 Å². The van der Waals surface area contributed by atoms with Crippen LogP contribution in [0.4, 0.5) is 18.9 Å². The summed E-state index contributed by atoms with van der Waals surface area (Å²) in [7, 11) is 0. The van der Waals surface area contributed by atoms with Gasteiger partial charge in [0, 0.05) is 13.1 Å². The summed E-state index contributed by atoms with van der Waals surface area (Å²) < 4.78 is 54.1. The van der Waals surface area contributed by atoms with E-state index in [2.05, 4.69) is 0 Å². The first-order chi connectivity index (χ1) is 10.9. The van der Waals surface area contributed by atoms with Crippen LogP contribution >= 0.6 is 0 Å². The number of carbonyl (C=O) groups excluding carboxylic acids is 1. The van der Waals surface area contributed by atoms with E-state index >= 15 is 0 Å². The summed E-state index contributed by atoms with van der Waals surface area (Å²) in [5.41, 5.74) is -0.463. The Hall–Kier alpha value is -1.96. The highest BCUT2D eigenvalue weighted by atomic mass is 19.4. The highest BCUT2D eigenvalue weighted by Crippen LogP contribution is 2.37. The predicted octanol–water partition coefficient (Wildman–Crippen LogP) is 2.48. The first-order valence-corrected chi connectivity index (χ1v) is 7.24. The van der Waals surface area contributed by atoms with Gasteiger partial charge < -0.3 is 19.1 Å². The van der Waals surface area contributed by atoms with Crippen LogP contribution in [0.15, 0.2) is 18.2 Å². The van der Waals surface area contributed by atoms with Gasteiger partial charge in [-0.25, -0.2) is 4.79 Å². The maximum Gasteiger partial charge on any atom is 0.416 e. The number of benzene rings is 1. The topological polar surface area (TPSA) is 48.0 Å². The van der Waals surface area contributed by atoms with Crippen LogP contribution in [0.5, 0.6) is 5.75 Å². The Morgan fingerprint density at radius 1 is 1.30 bits per heavy atom. The number of ether oxygens (including phenoxy) is 3. The van der Waals surface area contributed by atoms with Crippen LogP contribution in [0, 0.1) is 0 Å². The van der Waals surface area contributed by atoms with Crippen molar-refractivity contribution in [1.29, 1.82) is 0 Å². The Labute approximate surface area is 131 Å². The molecule has 1 heterocycles. The molecule has 128 valence electrons. The molecule has 0 radical (unpaired) electrons. The average molecular weight is 333 g/mol. The molecule has 23 heavy (non-hydrogen) atoms. The molecule has 1 saturated heterocycles. The quantitative estimate of drug-likeness (QED) is 0.775. The second-order valence-corrected chi connectivity index (χ2v) is 4.87. The van der Waals surface area contributed by atoms with Crippen LogP contribution in [0.3, 0.4) is 0 Å². The van der Waals surface area contributed by atoms with Gasteiger partial charge in [-0.05, 0) is 25.1 Å². The van der Waals surface area contributed by atoms with Crippen molar-refractivity contribution < 1.29 is 32.2 Å². The molecule has 0 bridgehead atoms. The summed E-state index contributed by atoms with van der Waals surface area (Å²) in [5.74, 6) is -0.353. The molecule has 8 heteroatoms. The van der Waals surface area contributed by atoms with E-state index < -0.39 is 17.7 Å². The van der Waals surface area contributed by atoms with Crippen molar-refractivity contribution in [1.82, 2.24) is 0 Å². The molecule has 1 fully saturated rings. The molecule has 0 aromatic heterocycles. The molecule has 0 N–H and O–H groups in total. The number of rotatable bonds is 5. The zero-order valence-electron chi connectivity index (χ0n) is 12.7. The van der Waals surface area contributed by atoms with Crippen molar-refractivity contribution in [3.63, 3.8) is 0 Å². The minimum absolute atomic E-state index is 0.214. The van der Waals surface area contributed by atoms with Crippen LogP contribution in [0.25, 0.3) is 0 Å². The zero-order chi connectivity index (χ0) is 16.9. The number of halogens is 3. The van der Waals surface area contributed by atoms with Crippen molar-refractivity contribution in [3.8, 4) is 5.75 Å². The fourth-order valence-electron chi connectivity index (χ4n) is 2.21. The number of hydrogen-bond donors (Lipinski definition) is 0. The van der Waals surface area contributed by atoms with Gasteiger partial charge in [-0.1, -0.05) is 0 Å². The number of alkyl halides is 3. The molecule has 1 aromatic carbocycles. The zero-order valence-corrected chi connectivity index (χ0v) is 12.7. The minimum Gasteiger partial charge on any atom is -0.480 e. The van der Waals surface area contributed by atoms with Gasteiger partial charge in [-0.15, -0.1) is 0 Å². The fourth-order valence-corrected chi connectivity index (χ4v) is 2.21. The number of carbonyl (C=O) groups is 1. The van der Waals surface area contributed by atoms with Gasteiger partial charge >= 0.3 is 12.1 Å². The predicted molar refractivity (Wildman–Crippen MR) is 76.6 cm³/mol. The molecule has 1 aromatic rings. The van der Waals surface area contributed by atoms with Crippen molar-refractivity contribution in [2.45, 2.75) is 13.1 Å². The van der Waals surface area contributed by atoms with Crippen LogP contribution in [-0.2, 0) is 20.4 Å². The lowest BCUT2D eigenvalue weighted by atomic mass is 10.1. The van der Waals surface area contributed by atoms with Crippen molar-refractivity contribution >= 4 is 11.7 Å². The third-order valence-electron chi connectivity index (χ3n) is 3.29. The number of morpholine rings is 1. The number of esters is 1. The first-order valence-electron chi connectivity index (χ1n) is 7.24. The molecule has 0 saturated carbocycles. The third-order valence-corrected chi connectivity index (χ3v) is 3.29. The van der Waals surface area contributed by atoms with Gasteiger partial charge in [0.15, 0.2) is 6.61 Å². The lowest BCUT2D eigenvalue weighted by molar-refractivity contribution is -0.145. The highest BCUT2D eigenvalue weighted by Gasteiger charge is 2.32. The largest absolute Gasteiger partial charge is 0.480 e. The normalized spacial score (nSPS) is 15.4. The van der Waals surface area contributed by atoms with Crippen LogP contribution in [-0.4, -0.2) is 45.5 Å². The average Bonchev–Trinajstić information content (AvgIpc) is 2.53. The second-order valence-electron chi connectivity index (χ2n) is 4.87. The Balaban J connectivity index is 2.23. The molecule has 5 nitrogen and oxygen atoms in total. The van der Waals surface area contributed by atoms with Crippen LogP contribution < -0.4 is 9.64 Å². The first kappa shape index (κ1) is 17.4. The van der Waals surface area contributed by atoms with E-state index in [0.29, 0.717) is 32.0 Å². The Morgan fingerprint density at radius 3 is 2.61 bits per heavy atom. The van der Waals surface area contributed by atoms with E-state index in [9.17, 15) is 18.0 Å². The van der Waals surface area contributed by atoms with E-state index in [1.165, 1.54) is 6.07 Å². The van der Waals surface area contributed by atoms with Gasteiger partial charge in [0.1, 0.15) is 5.75 Å². The maximum absolute atomic E-state index is 12.9. The summed E-state index contributed by atoms with van der Waals surface area (Å²) >= 11 is 0. The van der Waals surface area contributed by atoms with Gasteiger partial charge in [-0.2, -0.15) is 13.2 Å². The van der Waals surface area contributed by atoms with E-state index in [4.69, 9.17) is 14.2 Å². The smallest absolute Gasteiger partial charge is 0.416 e. The SMILES string of the molecule is CCOC(=O)COc1ccc(C(F)(F)F)cc1N1CCOCC1. The lowest BCUT2D eigenvalue weighted by Crippen LogP contribution is -2.36. The fraction of sp³-hybridized carbons (Fsp3) is 0.533. The molecule has 0 unspecified atom stereocenters. The summed E-state index contributed by atoms with van der Waals surface area (Å²) in [5, 5.41) is 0. The lowest BCUT2D eigenvalue weighted by Gasteiger charge is -2.30. The molecule has 0 aliphatic carbocycles. The molecule has 0 amide bonds. The Kier molecular flexibility index (Phi) is 5.70. The summed E-state index contributed by atoms with van der Waals surface area (Å²) in [6.45, 7) is 3.28. The number of anilines is 1. The molecule has 0 spiro atoms.